The van der Waals surface area contributed by atoms with Gasteiger partial charge in [0.05, 0.1) is 21.5 Å². The summed E-state index contributed by atoms with van der Waals surface area (Å²) in [6, 6.07) is 18.3. The predicted molar refractivity (Wildman–Crippen MR) is 135 cm³/mol. The Morgan fingerprint density at radius 1 is 0.939 bits per heavy atom. The van der Waals surface area contributed by atoms with Crippen molar-refractivity contribution in [2.75, 3.05) is 0 Å². The molecule has 0 atom stereocenters. The Morgan fingerprint density at radius 2 is 1.64 bits per heavy atom. The lowest BCUT2D eigenvalue weighted by atomic mass is 10.1. The van der Waals surface area contributed by atoms with E-state index < -0.39 is 0 Å². The minimum Gasteiger partial charge on any atom is -0.486 e. The second kappa shape index (κ2) is 10.2. The smallest absolute Gasteiger partial charge is 0.293 e. The Balaban J connectivity index is 1.49. The summed E-state index contributed by atoms with van der Waals surface area (Å²) in [6.45, 7) is 2.51. The van der Waals surface area contributed by atoms with Crippen LogP contribution in [-0.4, -0.2) is 16.0 Å². The van der Waals surface area contributed by atoms with E-state index in [2.05, 4.69) is 0 Å². The van der Waals surface area contributed by atoms with E-state index in [4.69, 9.17) is 39.5 Å². The fourth-order valence-electron chi connectivity index (χ4n) is 3.32. The molecule has 33 heavy (non-hydrogen) atoms. The molecule has 4 nitrogen and oxygen atoms in total. The van der Waals surface area contributed by atoms with E-state index in [1.807, 2.05) is 31.2 Å². The highest BCUT2D eigenvalue weighted by molar-refractivity contribution is 8.18. The first-order chi connectivity index (χ1) is 15.8. The molecule has 0 bridgehead atoms. The van der Waals surface area contributed by atoms with Gasteiger partial charge in [0.2, 0.25) is 0 Å². The van der Waals surface area contributed by atoms with Crippen LogP contribution in [0.4, 0.5) is 4.79 Å². The topological polar surface area (TPSA) is 46.6 Å². The zero-order valence-electron chi connectivity index (χ0n) is 17.5. The first-order valence-corrected chi connectivity index (χ1v) is 11.9. The van der Waals surface area contributed by atoms with Gasteiger partial charge in [-0.2, -0.15) is 0 Å². The van der Waals surface area contributed by atoms with Crippen molar-refractivity contribution in [1.29, 1.82) is 0 Å². The van der Waals surface area contributed by atoms with Gasteiger partial charge >= 0.3 is 0 Å². The van der Waals surface area contributed by atoms with Crippen LogP contribution in [-0.2, 0) is 17.9 Å². The van der Waals surface area contributed by atoms with Crippen LogP contribution >= 0.6 is 46.6 Å². The van der Waals surface area contributed by atoms with E-state index in [0.717, 1.165) is 28.5 Å². The summed E-state index contributed by atoms with van der Waals surface area (Å²) in [5, 5.41) is 0.896. The van der Waals surface area contributed by atoms with Crippen molar-refractivity contribution in [2.24, 2.45) is 0 Å². The number of carbonyl (C=O) groups is 2. The lowest BCUT2D eigenvalue weighted by Gasteiger charge is -2.12. The fourth-order valence-corrected chi connectivity index (χ4v) is 4.90. The number of aryl methyl sites for hydroxylation is 1. The van der Waals surface area contributed by atoms with Gasteiger partial charge in [-0.1, -0.05) is 76.8 Å². The number of amides is 2. The van der Waals surface area contributed by atoms with Gasteiger partial charge in [0.15, 0.2) is 5.75 Å². The SMILES string of the molecule is Cc1cccc(COc2c(Cl)cc(/C=C3\SC(=O)N(Cc4ccc(Cl)cc4)C3=O)cc2Cl)c1. The van der Waals surface area contributed by atoms with Crippen molar-refractivity contribution >= 4 is 63.8 Å². The van der Waals surface area contributed by atoms with E-state index in [-0.39, 0.29) is 17.7 Å². The number of halogens is 3. The minimum absolute atomic E-state index is 0.173. The van der Waals surface area contributed by atoms with E-state index in [1.54, 1.807) is 42.5 Å². The summed E-state index contributed by atoms with van der Waals surface area (Å²) in [5.74, 6) is -0.000184. The maximum atomic E-state index is 12.8. The van der Waals surface area contributed by atoms with Gasteiger partial charge in [-0.05, 0) is 65.7 Å². The van der Waals surface area contributed by atoms with E-state index in [9.17, 15) is 9.59 Å². The molecule has 2 amide bonds. The molecule has 0 saturated carbocycles. The maximum absolute atomic E-state index is 12.8. The molecule has 0 unspecified atom stereocenters. The fraction of sp³-hybridized carbons (Fsp3) is 0.120. The quantitative estimate of drug-likeness (QED) is 0.313. The van der Waals surface area contributed by atoms with Crippen LogP contribution in [0.2, 0.25) is 15.1 Å². The first kappa shape index (κ1) is 23.7. The molecule has 1 saturated heterocycles. The number of carbonyl (C=O) groups excluding carboxylic acids is 2. The van der Waals surface area contributed by atoms with E-state index >= 15 is 0 Å². The number of ether oxygens (including phenoxy) is 1. The predicted octanol–water partition coefficient (Wildman–Crippen LogP) is 7.77. The van der Waals surface area contributed by atoms with Gasteiger partial charge in [0.25, 0.3) is 11.1 Å². The van der Waals surface area contributed by atoms with Crippen molar-refractivity contribution in [3.8, 4) is 5.75 Å². The molecule has 8 heteroatoms. The zero-order valence-corrected chi connectivity index (χ0v) is 20.6. The molecule has 3 aromatic rings. The summed E-state index contributed by atoms with van der Waals surface area (Å²) >= 11 is 19.6. The third-order valence-electron chi connectivity index (χ3n) is 4.91. The molecule has 0 N–H and O–H groups in total. The lowest BCUT2D eigenvalue weighted by Crippen LogP contribution is -2.27. The number of imide groups is 1. The summed E-state index contributed by atoms with van der Waals surface area (Å²) in [6.07, 6.45) is 1.61. The van der Waals surface area contributed by atoms with Crippen LogP contribution in [0, 0.1) is 6.92 Å². The van der Waals surface area contributed by atoms with Crippen molar-refractivity contribution in [3.63, 3.8) is 0 Å². The second-order valence-corrected chi connectivity index (χ2v) is 9.73. The number of thioether (sulfide) groups is 1. The normalized spacial score (nSPS) is 14.9. The van der Waals surface area contributed by atoms with Crippen LogP contribution in [0.1, 0.15) is 22.3 Å². The van der Waals surface area contributed by atoms with Crippen LogP contribution in [0.3, 0.4) is 0 Å². The summed E-state index contributed by atoms with van der Waals surface area (Å²) in [5.41, 5.74) is 3.54. The molecule has 168 valence electrons. The largest absolute Gasteiger partial charge is 0.486 e. The van der Waals surface area contributed by atoms with Gasteiger partial charge in [0, 0.05) is 5.02 Å². The highest BCUT2D eigenvalue weighted by Gasteiger charge is 2.35. The summed E-state index contributed by atoms with van der Waals surface area (Å²) in [4.78, 5) is 26.7. The van der Waals surface area contributed by atoms with E-state index in [0.29, 0.717) is 37.9 Å². The molecule has 0 radical (unpaired) electrons. The Kier molecular flexibility index (Phi) is 7.35. The number of nitrogens with zero attached hydrogens (tertiary/aromatic N) is 1. The van der Waals surface area contributed by atoms with E-state index in [1.165, 1.54) is 4.90 Å². The average Bonchev–Trinajstić information content (AvgIpc) is 3.02. The molecular weight excluding hydrogens is 501 g/mol. The molecule has 3 aromatic carbocycles. The lowest BCUT2D eigenvalue weighted by molar-refractivity contribution is -0.123. The van der Waals surface area contributed by atoms with Gasteiger partial charge in [-0.15, -0.1) is 0 Å². The van der Waals surface area contributed by atoms with Crippen LogP contribution < -0.4 is 4.74 Å². The molecule has 1 aliphatic heterocycles. The van der Waals surface area contributed by atoms with Crippen LogP contribution in [0.25, 0.3) is 6.08 Å². The standard InChI is InChI=1S/C25H18Cl3NO3S/c1-15-3-2-4-17(9-15)14-32-23-20(27)10-18(11-21(23)28)12-22-24(30)29(25(31)33-22)13-16-5-7-19(26)8-6-16/h2-12H,13-14H2,1H3/b22-12-. The number of hydrogen-bond acceptors (Lipinski definition) is 4. The summed E-state index contributed by atoms with van der Waals surface area (Å²) < 4.78 is 5.84. The maximum Gasteiger partial charge on any atom is 0.293 e. The number of hydrogen-bond donors (Lipinski definition) is 0. The van der Waals surface area contributed by atoms with Gasteiger partial charge in [0.1, 0.15) is 6.61 Å². The Labute approximate surface area is 211 Å². The molecule has 0 spiro atoms. The molecule has 0 aromatic heterocycles. The summed E-state index contributed by atoms with van der Waals surface area (Å²) in [7, 11) is 0. The van der Waals surface area contributed by atoms with Gasteiger partial charge in [-0.25, -0.2) is 0 Å². The van der Waals surface area contributed by atoms with Crippen molar-refractivity contribution in [2.45, 2.75) is 20.1 Å². The molecular formula is C25H18Cl3NO3S. The number of benzene rings is 3. The van der Waals surface area contributed by atoms with Crippen LogP contribution in [0.5, 0.6) is 5.75 Å². The minimum atomic E-state index is -0.369. The molecule has 1 fully saturated rings. The van der Waals surface area contributed by atoms with Crippen molar-refractivity contribution < 1.29 is 14.3 Å². The second-order valence-electron chi connectivity index (χ2n) is 7.49. The number of rotatable bonds is 6. The van der Waals surface area contributed by atoms with Gasteiger partial charge < -0.3 is 4.74 Å². The molecule has 4 rings (SSSR count). The first-order valence-electron chi connectivity index (χ1n) is 9.97. The van der Waals surface area contributed by atoms with Gasteiger partial charge in [-0.3, -0.25) is 14.5 Å². The zero-order chi connectivity index (χ0) is 23.5. The van der Waals surface area contributed by atoms with Crippen molar-refractivity contribution in [3.05, 3.63) is 103 Å². The highest BCUT2D eigenvalue weighted by atomic mass is 35.5. The molecule has 1 heterocycles. The Morgan fingerprint density at radius 3 is 2.30 bits per heavy atom. The monoisotopic (exact) mass is 517 g/mol. The van der Waals surface area contributed by atoms with Crippen LogP contribution in [0.15, 0.2) is 65.6 Å². The Hall–Kier alpha value is -2.44. The molecule has 0 aliphatic carbocycles. The average molecular weight is 519 g/mol. The third-order valence-corrected chi connectivity index (χ3v) is 6.63. The third kappa shape index (κ3) is 5.74. The Bertz CT molecular complexity index is 1240. The highest BCUT2D eigenvalue weighted by Crippen LogP contribution is 2.38. The molecule has 1 aliphatic rings. The van der Waals surface area contributed by atoms with Crippen molar-refractivity contribution in [1.82, 2.24) is 4.90 Å².